The number of aromatic nitrogens is 3. The quantitative estimate of drug-likeness (QED) is 0.180. The molecule has 3 aromatic carbocycles. The molecule has 1 aromatic heterocycles. The molecule has 2 aliphatic rings. The van der Waals surface area contributed by atoms with Crippen LogP contribution < -0.4 is 16.0 Å². The minimum Gasteiger partial charge on any atom is -0.497 e. The van der Waals surface area contributed by atoms with E-state index in [1.807, 2.05) is 84.9 Å². The second-order valence-corrected chi connectivity index (χ2v) is 11.5. The molecule has 2 saturated heterocycles. The van der Waals surface area contributed by atoms with Gasteiger partial charge in [-0.15, -0.1) is 0 Å². The standard InChI is InChI=1S/C35H37N3O9/c1-4-43-29(40)19-20-34(2)46-30-27(45-32(31(30)47-34)38-33(41)37-28(39)21-36-38)22-44-35(23-11-7-5-8-12-23,24-13-9-6-10-14-24)25-15-17-26(42-3)18-16-25/h5-18,21,27,30-32H,4,19-20,22H2,1-3H3,(H,37,39,41)/t27-,30+,31?,32-,34-/m1/s1. The second-order valence-electron chi connectivity index (χ2n) is 11.5. The number of methoxy groups -OCH3 is 1. The van der Waals surface area contributed by atoms with Crippen LogP contribution in [0.2, 0.25) is 0 Å². The summed E-state index contributed by atoms with van der Waals surface area (Å²) >= 11 is 0. The number of nitrogens with one attached hydrogen (secondary N) is 1. The molecular weight excluding hydrogens is 606 g/mol. The zero-order chi connectivity index (χ0) is 33.0. The van der Waals surface area contributed by atoms with E-state index in [2.05, 4.69) is 10.1 Å². The number of carbonyl (C=O) groups excluding carboxylic acids is 1. The van der Waals surface area contributed by atoms with Crippen molar-refractivity contribution in [2.75, 3.05) is 20.3 Å². The summed E-state index contributed by atoms with van der Waals surface area (Å²) in [5, 5.41) is 4.04. The first kappa shape index (κ1) is 32.3. The number of nitrogens with zero attached hydrogens (tertiary/aromatic N) is 2. The Labute approximate surface area is 271 Å². The van der Waals surface area contributed by atoms with Gasteiger partial charge in [0, 0.05) is 6.42 Å². The molecule has 0 spiro atoms. The van der Waals surface area contributed by atoms with Gasteiger partial charge in [0.05, 0.1) is 26.7 Å². The smallest absolute Gasteiger partial charge is 0.347 e. The number of ether oxygens (including phenoxy) is 6. The third-order valence-electron chi connectivity index (χ3n) is 8.44. The molecule has 1 unspecified atom stereocenters. The topological polar surface area (TPSA) is 140 Å². The van der Waals surface area contributed by atoms with E-state index < -0.39 is 47.2 Å². The molecule has 12 nitrogen and oxygen atoms in total. The number of fused-ring (bicyclic) bond motifs is 1. The molecular formula is C35H37N3O9. The Morgan fingerprint density at radius 1 is 0.936 bits per heavy atom. The van der Waals surface area contributed by atoms with E-state index in [0.717, 1.165) is 27.6 Å². The summed E-state index contributed by atoms with van der Waals surface area (Å²) in [5.41, 5.74) is 0.119. The van der Waals surface area contributed by atoms with Gasteiger partial charge in [-0.05, 0) is 42.7 Å². The summed E-state index contributed by atoms with van der Waals surface area (Å²) in [6.45, 7) is 3.74. The molecule has 12 heteroatoms. The van der Waals surface area contributed by atoms with Crippen molar-refractivity contribution in [2.24, 2.45) is 0 Å². The average molecular weight is 644 g/mol. The van der Waals surface area contributed by atoms with Gasteiger partial charge in [0.15, 0.2) is 12.0 Å². The van der Waals surface area contributed by atoms with Gasteiger partial charge in [-0.25, -0.2) is 4.79 Å². The van der Waals surface area contributed by atoms with Gasteiger partial charge in [0.1, 0.15) is 35.9 Å². The lowest BCUT2D eigenvalue weighted by Crippen LogP contribution is -2.40. The number of rotatable bonds is 12. The monoisotopic (exact) mass is 643 g/mol. The van der Waals surface area contributed by atoms with Crippen molar-refractivity contribution in [1.82, 2.24) is 14.8 Å². The average Bonchev–Trinajstić information content (AvgIpc) is 3.60. The normalized spacial score (nSPS) is 23.7. The fourth-order valence-corrected chi connectivity index (χ4v) is 6.26. The highest BCUT2D eigenvalue weighted by molar-refractivity contribution is 5.69. The predicted octanol–water partition coefficient (Wildman–Crippen LogP) is 3.69. The van der Waals surface area contributed by atoms with E-state index in [4.69, 9.17) is 28.4 Å². The number of hydrogen-bond donors (Lipinski definition) is 1. The highest BCUT2D eigenvalue weighted by atomic mass is 16.8. The summed E-state index contributed by atoms with van der Waals surface area (Å²) in [6.07, 6.45) is -2.05. The van der Waals surface area contributed by atoms with Crippen LogP contribution >= 0.6 is 0 Å². The van der Waals surface area contributed by atoms with Crippen molar-refractivity contribution in [3.05, 3.63) is 129 Å². The van der Waals surface area contributed by atoms with Crippen LogP contribution in [0.25, 0.3) is 0 Å². The van der Waals surface area contributed by atoms with E-state index in [1.165, 1.54) is 0 Å². The molecule has 1 N–H and O–H groups in total. The largest absolute Gasteiger partial charge is 0.497 e. The van der Waals surface area contributed by atoms with Crippen molar-refractivity contribution in [1.29, 1.82) is 0 Å². The number of hydrogen-bond acceptors (Lipinski definition) is 10. The summed E-state index contributed by atoms with van der Waals surface area (Å²) < 4.78 is 37.9. The summed E-state index contributed by atoms with van der Waals surface area (Å²) in [6, 6.07) is 27.4. The molecule has 47 heavy (non-hydrogen) atoms. The number of benzene rings is 3. The minimum absolute atomic E-state index is 0.00288. The van der Waals surface area contributed by atoms with E-state index in [1.54, 1.807) is 21.0 Å². The van der Waals surface area contributed by atoms with Gasteiger partial charge in [-0.2, -0.15) is 9.78 Å². The molecule has 0 amide bonds. The Bertz CT molecular complexity index is 1740. The number of aromatic amines is 1. The Morgan fingerprint density at radius 3 is 2.15 bits per heavy atom. The van der Waals surface area contributed by atoms with Crippen LogP contribution in [-0.2, 0) is 34.1 Å². The molecule has 6 rings (SSSR count). The molecule has 0 aliphatic carbocycles. The SMILES string of the molecule is CCOC(=O)CC[C@@]1(C)OC2[C@@H](O1)[C@@H](COC(c1ccccc1)(c1ccccc1)c1ccc(OC)cc1)O[C@H]2n1ncc(=O)[nH]c1=O. The predicted molar refractivity (Wildman–Crippen MR) is 169 cm³/mol. The number of carbonyl (C=O) groups is 1. The molecule has 5 atom stereocenters. The van der Waals surface area contributed by atoms with E-state index in [0.29, 0.717) is 5.75 Å². The van der Waals surface area contributed by atoms with Crippen molar-refractivity contribution in [3.8, 4) is 5.75 Å². The zero-order valence-corrected chi connectivity index (χ0v) is 26.4. The third kappa shape index (κ3) is 6.50. The Hall–Kier alpha value is -4.62. The molecule has 246 valence electrons. The Kier molecular flexibility index (Phi) is 9.37. The summed E-state index contributed by atoms with van der Waals surface area (Å²) in [4.78, 5) is 39.1. The van der Waals surface area contributed by atoms with Gasteiger partial charge in [0.25, 0.3) is 5.56 Å². The molecule has 4 aromatic rings. The van der Waals surface area contributed by atoms with Crippen LogP contribution in [0.5, 0.6) is 5.75 Å². The van der Waals surface area contributed by atoms with Crippen molar-refractivity contribution in [2.45, 2.75) is 62.6 Å². The van der Waals surface area contributed by atoms with Crippen LogP contribution in [0.1, 0.15) is 49.6 Å². The van der Waals surface area contributed by atoms with Gasteiger partial charge >= 0.3 is 11.7 Å². The van der Waals surface area contributed by atoms with Gasteiger partial charge in [0.2, 0.25) is 0 Å². The molecule has 0 radical (unpaired) electrons. The zero-order valence-electron chi connectivity index (χ0n) is 26.4. The minimum atomic E-state index is -1.19. The van der Waals surface area contributed by atoms with Gasteiger partial charge in [-0.3, -0.25) is 14.6 Å². The Balaban J connectivity index is 1.38. The lowest BCUT2D eigenvalue weighted by Gasteiger charge is -2.37. The molecule has 3 heterocycles. The van der Waals surface area contributed by atoms with Crippen LogP contribution in [0.3, 0.4) is 0 Å². The van der Waals surface area contributed by atoms with E-state index in [9.17, 15) is 14.4 Å². The number of H-pyrrole nitrogens is 1. The summed E-state index contributed by atoms with van der Waals surface area (Å²) in [7, 11) is 1.62. The van der Waals surface area contributed by atoms with E-state index in [-0.39, 0.29) is 32.0 Å². The van der Waals surface area contributed by atoms with Crippen LogP contribution in [-0.4, -0.2) is 65.2 Å². The molecule has 2 aliphatic heterocycles. The maximum atomic E-state index is 12.9. The van der Waals surface area contributed by atoms with Crippen molar-refractivity contribution in [3.63, 3.8) is 0 Å². The highest BCUT2D eigenvalue weighted by Crippen LogP contribution is 2.46. The van der Waals surface area contributed by atoms with Crippen molar-refractivity contribution < 1.29 is 33.2 Å². The van der Waals surface area contributed by atoms with Crippen LogP contribution in [0.4, 0.5) is 0 Å². The van der Waals surface area contributed by atoms with Gasteiger partial charge in [-0.1, -0.05) is 72.8 Å². The fraction of sp³-hybridized carbons (Fsp3) is 0.371. The highest BCUT2D eigenvalue weighted by Gasteiger charge is 2.58. The second kappa shape index (κ2) is 13.6. The first-order chi connectivity index (χ1) is 22.8. The molecule has 0 bridgehead atoms. The first-order valence-corrected chi connectivity index (χ1v) is 15.5. The summed E-state index contributed by atoms with van der Waals surface area (Å²) in [5.74, 6) is -0.870. The fourth-order valence-electron chi connectivity index (χ4n) is 6.26. The van der Waals surface area contributed by atoms with Crippen LogP contribution in [0, 0.1) is 0 Å². The van der Waals surface area contributed by atoms with Crippen LogP contribution in [0.15, 0.2) is 101 Å². The molecule has 0 saturated carbocycles. The van der Waals surface area contributed by atoms with E-state index >= 15 is 0 Å². The Morgan fingerprint density at radius 2 is 1.55 bits per heavy atom. The first-order valence-electron chi connectivity index (χ1n) is 15.5. The maximum Gasteiger partial charge on any atom is 0.347 e. The number of esters is 1. The van der Waals surface area contributed by atoms with Gasteiger partial charge < -0.3 is 28.4 Å². The molecule has 2 fully saturated rings. The lowest BCUT2D eigenvalue weighted by atomic mass is 9.80. The third-order valence-corrected chi connectivity index (χ3v) is 8.44. The van der Waals surface area contributed by atoms with Crippen molar-refractivity contribution >= 4 is 5.97 Å². The lowest BCUT2D eigenvalue weighted by molar-refractivity contribution is -0.220. The maximum absolute atomic E-state index is 12.9.